The Hall–Kier alpha value is -3.64. The Morgan fingerprint density at radius 1 is 1.12 bits per heavy atom. The van der Waals surface area contributed by atoms with E-state index in [1.54, 1.807) is 0 Å². The Morgan fingerprint density at radius 2 is 1.88 bits per heavy atom. The van der Waals surface area contributed by atoms with Crippen molar-refractivity contribution >= 4 is 23.7 Å². The van der Waals surface area contributed by atoms with Crippen molar-refractivity contribution in [3.63, 3.8) is 0 Å². The number of fused-ring (bicyclic) bond motifs is 2. The zero-order valence-electron chi connectivity index (χ0n) is 22.1. The number of amides is 3. The Balaban J connectivity index is 1.32. The fourth-order valence-electron chi connectivity index (χ4n) is 6.31. The molecule has 0 spiro atoms. The molecule has 1 saturated heterocycles. The quantitative estimate of drug-likeness (QED) is 0.550. The predicted molar refractivity (Wildman–Crippen MR) is 131 cm³/mol. The molecule has 3 amide bonds. The first-order valence-corrected chi connectivity index (χ1v) is 13.3. The van der Waals surface area contributed by atoms with Gasteiger partial charge < -0.3 is 14.6 Å². The number of hydrogen-bond donors (Lipinski definition) is 1. The lowest BCUT2D eigenvalue weighted by Crippen LogP contribution is -2.56. The van der Waals surface area contributed by atoms with E-state index in [-0.39, 0.29) is 42.7 Å². The molecular formula is C27H30F4N4O5. The number of hydrogen-bond acceptors (Lipinski definition) is 6. The van der Waals surface area contributed by atoms with Gasteiger partial charge in [-0.2, -0.15) is 13.2 Å². The highest BCUT2D eigenvalue weighted by atomic mass is 19.4. The third kappa shape index (κ3) is 5.25. The van der Waals surface area contributed by atoms with Gasteiger partial charge in [-0.3, -0.25) is 14.4 Å². The van der Waals surface area contributed by atoms with Crippen LogP contribution in [0, 0.1) is 23.6 Å². The lowest BCUT2D eigenvalue weighted by molar-refractivity contribution is -0.242. The molecule has 0 radical (unpaired) electrons. The van der Waals surface area contributed by atoms with E-state index in [1.807, 2.05) is 4.90 Å². The van der Waals surface area contributed by atoms with Gasteiger partial charge >= 0.3 is 12.1 Å². The van der Waals surface area contributed by atoms with E-state index in [0.29, 0.717) is 34.7 Å². The molecule has 5 rings (SSSR count). The van der Waals surface area contributed by atoms with Gasteiger partial charge in [-0.05, 0) is 68.2 Å². The Kier molecular flexibility index (Phi) is 7.26. The molecule has 0 aromatic heterocycles. The highest BCUT2D eigenvalue weighted by molar-refractivity contribution is 5.97. The number of carbonyl (C=O) groups is 4. The predicted octanol–water partition coefficient (Wildman–Crippen LogP) is 3.12. The number of hydrazine groups is 1. The van der Waals surface area contributed by atoms with Gasteiger partial charge in [-0.15, -0.1) is 5.17 Å². The van der Waals surface area contributed by atoms with Gasteiger partial charge in [0.15, 0.2) is 0 Å². The number of benzene rings is 1. The topological polar surface area (TPSA) is 99.3 Å². The summed E-state index contributed by atoms with van der Waals surface area (Å²) in [5, 5.41) is 0.367. The number of piperazine rings is 1. The molecule has 1 N–H and O–H groups in total. The summed E-state index contributed by atoms with van der Waals surface area (Å²) in [6.07, 6.45) is -1.04. The molecule has 1 unspecified atom stereocenters. The maximum absolute atomic E-state index is 14.8. The number of nitrogens with zero attached hydrogens (tertiary/aromatic N) is 3. The normalized spacial score (nSPS) is 26.9. The van der Waals surface area contributed by atoms with Gasteiger partial charge in [-0.1, -0.05) is 12.5 Å². The maximum atomic E-state index is 14.8. The molecule has 2 bridgehead atoms. The molecule has 2 heterocycles. The molecule has 2 aliphatic carbocycles. The number of carbonyl (C=O) groups excluding carboxylic acids is 4. The second-order valence-corrected chi connectivity index (χ2v) is 11.0. The van der Waals surface area contributed by atoms with E-state index in [2.05, 4.69) is 10.3 Å². The first kappa shape index (κ1) is 27.9. The average molecular weight is 567 g/mol. The van der Waals surface area contributed by atoms with Gasteiger partial charge in [0.05, 0.1) is 17.2 Å². The van der Waals surface area contributed by atoms with Gasteiger partial charge in [0.1, 0.15) is 12.4 Å². The Bertz CT molecular complexity index is 1280. The number of alkyl halides is 3. The van der Waals surface area contributed by atoms with Crippen molar-refractivity contribution in [2.45, 2.75) is 58.2 Å². The van der Waals surface area contributed by atoms with E-state index in [1.165, 1.54) is 37.3 Å². The largest absolute Gasteiger partial charge is 0.493 e. The molecule has 40 heavy (non-hydrogen) atoms. The molecule has 4 atom stereocenters. The highest BCUT2D eigenvalue weighted by Crippen LogP contribution is 2.47. The molecule has 1 aromatic carbocycles. The van der Waals surface area contributed by atoms with E-state index in [4.69, 9.17) is 0 Å². The molecule has 9 nitrogen and oxygen atoms in total. The fraction of sp³-hybridized carbons (Fsp3) is 0.556. The van der Waals surface area contributed by atoms with Crippen LogP contribution in [0.15, 0.2) is 29.5 Å². The van der Waals surface area contributed by atoms with Crippen molar-refractivity contribution in [1.29, 1.82) is 0 Å². The standard InChI is InChI=1S/C27H30F4N4O5/c1-14-15(2)24(37)32-35(40-26(39)27(29,30)31)21(14)11-17-4-6-20(28)19(10-17)25(38)33-7-8-34(23(36)13-33)22-12-16-3-5-18(22)9-16/h4,6,10,15-16,18,22H,3,5,7-9,11-13H2,1-2H3,(H,32,37)/t15?,16-,18+,22+/m0/s1. The van der Waals surface area contributed by atoms with Crippen LogP contribution >= 0.6 is 0 Å². The second kappa shape index (κ2) is 10.4. The van der Waals surface area contributed by atoms with Crippen LogP contribution in [0.1, 0.15) is 55.5 Å². The summed E-state index contributed by atoms with van der Waals surface area (Å²) in [4.78, 5) is 57.5. The molecule has 4 aliphatic rings. The third-order valence-corrected chi connectivity index (χ3v) is 8.64. The number of halogens is 4. The van der Waals surface area contributed by atoms with Gasteiger partial charge in [0.2, 0.25) is 11.8 Å². The summed E-state index contributed by atoms with van der Waals surface area (Å²) in [5.74, 6) is -4.43. The smallest absolute Gasteiger partial charge is 0.336 e. The summed E-state index contributed by atoms with van der Waals surface area (Å²) in [6.45, 7) is 3.51. The summed E-state index contributed by atoms with van der Waals surface area (Å²) in [7, 11) is 0. The van der Waals surface area contributed by atoms with E-state index >= 15 is 0 Å². The molecule has 3 fully saturated rings. The summed E-state index contributed by atoms with van der Waals surface area (Å²) in [6, 6.07) is 3.86. The molecular weight excluding hydrogens is 536 g/mol. The third-order valence-electron chi connectivity index (χ3n) is 8.64. The van der Waals surface area contributed by atoms with Crippen molar-refractivity contribution in [3.8, 4) is 0 Å². The van der Waals surface area contributed by atoms with Crippen LogP contribution in [0.25, 0.3) is 0 Å². The lowest BCUT2D eigenvalue weighted by Gasteiger charge is -2.40. The number of allylic oxidation sites excluding steroid dienone is 1. The van der Waals surface area contributed by atoms with Crippen molar-refractivity contribution in [3.05, 3.63) is 46.4 Å². The second-order valence-electron chi connectivity index (χ2n) is 11.0. The minimum Gasteiger partial charge on any atom is -0.336 e. The highest BCUT2D eigenvalue weighted by Gasteiger charge is 2.46. The number of nitrogens with one attached hydrogen (secondary N) is 1. The number of hydroxylamine groups is 1. The van der Waals surface area contributed by atoms with Gasteiger partial charge in [0.25, 0.3) is 5.91 Å². The SMILES string of the molecule is CC1=C(Cc2ccc(F)c(C(=O)N3CCN([C@@H]4C[C@H]5CC[C@@H]4C5)C(=O)C3)c2)N(OC(=O)C(F)(F)F)NC(=O)C1C. The summed E-state index contributed by atoms with van der Waals surface area (Å²) < 4.78 is 53.3. The molecule has 13 heteroatoms. The van der Waals surface area contributed by atoms with Crippen molar-refractivity contribution in [2.75, 3.05) is 19.6 Å². The lowest BCUT2D eigenvalue weighted by atomic mass is 9.93. The Morgan fingerprint density at radius 3 is 2.50 bits per heavy atom. The summed E-state index contributed by atoms with van der Waals surface area (Å²) in [5.41, 5.74) is 2.51. The minimum atomic E-state index is -5.30. The zero-order chi connectivity index (χ0) is 28.9. The van der Waals surface area contributed by atoms with E-state index < -0.39 is 35.7 Å². The molecule has 2 saturated carbocycles. The number of rotatable bonds is 5. The van der Waals surface area contributed by atoms with Crippen molar-refractivity contribution in [2.24, 2.45) is 17.8 Å². The van der Waals surface area contributed by atoms with E-state index in [0.717, 1.165) is 25.3 Å². The zero-order valence-corrected chi connectivity index (χ0v) is 22.1. The van der Waals surface area contributed by atoms with Crippen LogP contribution in [-0.4, -0.2) is 70.5 Å². The first-order valence-electron chi connectivity index (χ1n) is 13.3. The van der Waals surface area contributed by atoms with Crippen LogP contribution in [0.2, 0.25) is 0 Å². The van der Waals surface area contributed by atoms with Crippen LogP contribution in [0.3, 0.4) is 0 Å². The molecule has 1 aromatic rings. The average Bonchev–Trinajstić information content (AvgIpc) is 3.53. The molecule has 216 valence electrons. The van der Waals surface area contributed by atoms with Crippen LogP contribution in [-0.2, 0) is 25.6 Å². The van der Waals surface area contributed by atoms with Crippen molar-refractivity contribution < 1.29 is 41.6 Å². The van der Waals surface area contributed by atoms with Gasteiger partial charge in [0, 0.05) is 25.6 Å². The first-order chi connectivity index (χ1) is 18.8. The Labute approximate surface area is 228 Å². The van der Waals surface area contributed by atoms with Crippen molar-refractivity contribution in [1.82, 2.24) is 20.4 Å². The van der Waals surface area contributed by atoms with Crippen LogP contribution in [0.4, 0.5) is 17.6 Å². The monoisotopic (exact) mass is 566 g/mol. The maximum Gasteiger partial charge on any atom is 0.493 e. The minimum absolute atomic E-state index is 0.0318. The fourth-order valence-corrected chi connectivity index (χ4v) is 6.31. The summed E-state index contributed by atoms with van der Waals surface area (Å²) >= 11 is 0. The van der Waals surface area contributed by atoms with Crippen LogP contribution in [0.5, 0.6) is 0 Å². The van der Waals surface area contributed by atoms with E-state index in [9.17, 15) is 36.7 Å². The molecule has 2 aliphatic heterocycles. The van der Waals surface area contributed by atoms with Crippen LogP contribution < -0.4 is 5.43 Å². The van der Waals surface area contributed by atoms with Gasteiger partial charge in [-0.25, -0.2) is 14.6 Å².